The third-order valence-electron chi connectivity index (χ3n) is 2.68. The van der Waals surface area contributed by atoms with Crippen LogP contribution in [0.3, 0.4) is 0 Å². The van der Waals surface area contributed by atoms with Gasteiger partial charge in [-0.3, -0.25) is 0 Å². The first-order chi connectivity index (χ1) is 10.6. The van der Waals surface area contributed by atoms with E-state index in [0.717, 1.165) is 0 Å². The lowest BCUT2D eigenvalue weighted by Gasteiger charge is -2.29. The SMILES string of the molecule is C[N+](C)(C)CC(CC(=O)[O-])OC(=O)COc1ccc(Cl)cc1Cl. The van der Waals surface area contributed by atoms with Gasteiger partial charge in [0.25, 0.3) is 0 Å². The topological polar surface area (TPSA) is 75.7 Å². The van der Waals surface area contributed by atoms with Crippen LogP contribution in [0, 0.1) is 0 Å². The number of rotatable bonds is 8. The fourth-order valence-corrected chi connectivity index (χ4v) is 2.35. The van der Waals surface area contributed by atoms with E-state index in [2.05, 4.69) is 0 Å². The molecule has 0 saturated heterocycles. The van der Waals surface area contributed by atoms with Crippen LogP contribution in [0.25, 0.3) is 0 Å². The number of ether oxygens (including phenoxy) is 2. The highest BCUT2D eigenvalue weighted by Gasteiger charge is 2.22. The number of carboxylic acid groups (broad SMARTS) is 1. The van der Waals surface area contributed by atoms with E-state index in [1.807, 2.05) is 21.1 Å². The molecule has 6 nitrogen and oxygen atoms in total. The average Bonchev–Trinajstić information content (AvgIpc) is 2.34. The summed E-state index contributed by atoms with van der Waals surface area (Å²) in [4.78, 5) is 22.6. The van der Waals surface area contributed by atoms with Crippen LogP contribution in [-0.4, -0.2) is 56.8 Å². The van der Waals surface area contributed by atoms with Gasteiger partial charge in [0, 0.05) is 17.4 Å². The Morgan fingerprint density at radius 1 is 1.26 bits per heavy atom. The summed E-state index contributed by atoms with van der Waals surface area (Å²) in [6.45, 7) is -0.0521. The fourth-order valence-electron chi connectivity index (χ4n) is 1.89. The number of carboxylic acids is 1. The molecule has 0 spiro atoms. The molecule has 8 heteroatoms. The summed E-state index contributed by atoms with van der Waals surface area (Å²) in [6.07, 6.45) is -1.17. The fraction of sp³-hybridized carbons (Fsp3) is 0.467. The summed E-state index contributed by atoms with van der Waals surface area (Å²) in [5.74, 6) is -1.68. The van der Waals surface area contributed by atoms with Crippen LogP contribution in [-0.2, 0) is 14.3 Å². The summed E-state index contributed by atoms with van der Waals surface area (Å²) in [7, 11) is 5.58. The highest BCUT2D eigenvalue weighted by Crippen LogP contribution is 2.27. The van der Waals surface area contributed by atoms with Gasteiger partial charge in [0.1, 0.15) is 12.3 Å². The normalized spacial score (nSPS) is 12.6. The Kier molecular flexibility index (Phi) is 7.12. The van der Waals surface area contributed by atoms with Gasteiger partial charge in [-0.25, -0.2) is 4.79 Å². The summed E-state index contributed by atoms with van der Waals surface area (Å²) in [5.41, 5.74) is 0. The zero-order valence-corrected chi connectivity index (χ0v) is 14.7. The predicted molar refractivity (Wildman–Crippen MR) is 84.4 cm³/mol. The lowest BCUT2D eigenvalue weighted by Crippen LogP contribution is -2.45. The molecule has 0 fully saturated rings. The smallest absolute Gasteiger partial charge is 0.344 e. The van der Waals surface area contributed by atoms with Crippen molar-refractivity contribution in [2.45, 2.75) is 12.5 Å². The van der Waals surface area contributed by atoms with Crippen LogP contribution >= 0.6 is 23.2 Å². The van der Waals surface area contributed by atoms with Gasteiger partial charge in [-0.2, -0.15) is 0 Å². The van der Waals surface area contributed by atoms with Crippen LogP contribution in [0.5, 0.6) is 5.75 Å². The van der Waals surface area contributed by atoms with Gasteiger partial charge in [-0.1, -0.05) is 23.2 Å². The monoisotopic (exact) mass is 363 g/mol. The number of benzene rings is 1. The molecule has 0 radical (unpaired) electrons. The van der Waals surface area contributed by atoms with Crippen molar-refractivity contribution < 1.29 is 28.7 Å². The van der Waals surface area contributed by atoms with Gasteiger partial charge in [0.15, 0.2) is 12.7 Å². The van der Waals surface area contributed by atoms with Crippen LogP contribution in [0.1, 0.15) is 6.42 Å². The number of quaternary nitrogens is 1. The summed E-state index contributed by atoms with van der Waals surface area (Å²) >= 11 is 11.7. The first-order valence-corrected chi connectivity index (χ1v) is 7.60. The molecular formula is C15H19Cl2NO5. The Hall–Kier alpha value is -1.50. The maximum atomic E-state index is 11.8. The van der Waals surface area contributed by atoms with Gasteiger partial charge < -0.3 is 23.9 Å². The van der Waals surface area contributed by atoms with Gasteiger partial charge in [0.2, 0.25) is 0 Å². The highest BCUT2D eigenvalue weighted by molar-refractivity contribution is 6.35. The maximum Gasteiger partial charge on any atom is 0.344 e. The van der Waals surface area contributed by atoms with Crippen molar-refractivity contribution in [2.75, 3.05) is 34.3 Å². The molecule has 0 saturated carbocycles. The van der Waals surface area contributed by atoms with E-state index in [-0.39, 0.29) is 23.8 Å². The van der Waals surface area contributed by atoms with Gasteiger partial charge in [-0.05, 0) is 18.2 Å². The Morgan fingerprint density at radius 2 is 1.91 bits per heavy atom. The van der Waals surface area contributed by atoms with Gasteiger partial charge in [-0.15, -0.1) is 0 Å². The number of aliphatic carboxylic acids is 1. The predicted octanol–water partition coefficient (Wildman–Crippen LogP) is 1.13. The van der Waals surface area contributed by atoms with Gasteiger partial charge in [0.05, 0.1) is 26.2 Å². The highest BCUT2D eigenvalue weighted by atomic mass is 35.5. The molecule has 0 amide bonds. The number of esters is 1. The van der Waals surface area contributed by atoms with E-state index in [9.17, 15) is 14.7 Å². The minimum Gasteiger partial charge on any atom is -0.550 e. The Bertz CT molecular complexity index is 571. The molecule has 128 valence electrons. The van der Waals surface area contributed by atoms with Crippen molar-refractivity contribution >= 4 is 35.1 Å². The second-order valence-electron chi connectivity index (χ2n) is 6.02. The zero-order chi connectivity index (χ0) is 17.6. The van der Waals surface area contributed by atoms with E-state index < -0.39 is 18.0 Å². The zero-order valence-electron chi connectivity index (χ0n) is 13.2. The third kappa shape index (κ3) is 8.06. The minimum absolute atomic E-state index is 0.267. The minimum atomic E-state index is -1.28. The Labute approximate surface area is 145 Å². The molecule has 1 unspecified atom stereocenters. The van der Waals surface area contributed by atoms with Crippen molar-refractivity contribution in [3.8, 4) is 5.75 Å². The number of hydrogen-bond donors (Lipinski definition) is 0. The van der Waals surface area contributed by atoms with E-state index in [4.69, 9.17) is 32.7 Å². The molecule has 23 heavy (non-hydrogen) atoms. The van der Waals surface area contributed by atoms with E-state index in [0.29, 0.717) is 16.1 Å². The number of likely N-dealkylation sites (N-methyl/N-ethyl adjacent to an activating group) is 1. The Balaban J connectivity index is 2.59. The molecule has 0 bridgehead atoms. The number of carbonyl (C=O) groups is 2. The van der Waals surface area contributed by atoms with Gasteiger partial charge >= 0.3 is 5.97 Å². The first-order valence-electron chi connectivity index (χ1n) is 6.84. The molecule has 0 aromatic heterocycles. The molecule has 0 aliphatic rings. The van der Waals surface area contributed by atoms with E-state index in [1.54, 1.807) is 6.07 Å². The molecular weight excluding hydrogens is 345 g/mol. The largest absolute Gasteiger partial charge is 0.550 e. The summed E-state index contributed by atoms with van der Waals surface area (Å²) in [6, 6.07) is 4.59. The van der Waals surface area contributed by atoms with Crippen molar-refractivity contribution in [3.63, 3.8) is 0 Å². The number of halogens is 2. The third-order valence-corrected chi connectivity index (χ3v) is 3.21. The first kappa shape index (κ1) is 19.5. The summed E-state index contributed by atoms with van der Waals surface area (Å²) < 4.78 is 10.8. The maximum absolute atomic E-state index is 11.8. The molecule has 1 rings (SSSR count). The van der Waals surface area contributed by atoms with E-state index in [1.165, 1.54) is 12.1 Å². The van der Waals surface area contributed by atoms with Crippen LogP contribution < -0.4 is 9.84 Å². The van der Waals surface area contributed by atoms with Crippen molar-refractivity contribution in [1.29, 1.82) is 0 Å². The van der Waals surface area contributed by atoms with Crippen molar-refractivity contribution in [3.05, 3.63) is 28.2 Å². The average molecular weight is 364 g/mol. The number of hydrogen-bond acceptors (Lipinski definition) is 5. The quantitative estimate of drug-likeness (QED) is 0.511. The van der Waals surface area contributed by atoms with Crippen molar-refractivity contribution in [1.82, 2.24) is 0 Å². The van der Waals surface area contributed by atoms with Crippen LogP contribution in [0.2, 0.25) is 10.0 Å². The second-order valence-corrected chi connectivity index (χ2v) is 6.87. The molecule has 0 aliphatic heterocycles. The molecule has 1 aromatic rings. The van der Waals surface area contributed by atoms with Crippen LogP contribution in [0.15, 0.2) is 18.2 Å². The molecule has 1 aromatic carbocycles. The molecule has 0 aliphatic carbocycles. The Morgan fingerprint density at radius 3 is 2.43 bits per heavy atom. The number of carbonyl (C=O) groups excluding carboxylic acids is 2. The number of nitrogens with zero attached hydrogens (tertiary/aromatic N) is 1. The van der Waals surface area contributed by atoms with Crippen molar-refractivity contribution in [2.24, 2.45) is 0 Å². The van der Waals surface area contributed by atoms with Crippen LogP contribution in [0.4, 0.5) is 0 Å². The standard InChI is InChI=1S/C15H19Cl2NO5/c1-18(2,3)8-11(7-14(19)20)23-15(21)9-22-13-5-4-10(16)6-12(13)17/h4-6,11H,7-9H2,1-3H3. The van der Waals surface area contributed by atoms with E-state index >= 15 is 0 Å². The summed E-state index contributed by atoms with van der Waals surface area (Å²) in [5, 5.41) is 11.5. The lowest BCUT2D eigenvalue weighted by molar-refractivity contribution is -0.873. The molecule has 0 heterocycles. The second kappa shape index (κ2) is 8.38. The lowest BCUT2D eigenvalue weighted by atomic mass is 10.2. The molecule has 1 atom stereocenters. The molecule has 0 N–H and O–H groups in total.